The molecular weight excluding hydrogens is 222 g/mol. The summed E-state index contributed by atoms with van der Waals surface area (Å²) in [4.78, 5) is 17.9. The van der Waals surface area contributed by atoms with Gasteiger partial charge in [0.25, 0.3) is 0 Å². The lowest BCUT2D eigenvalue weighted by Crippen LogP contribution is -2.15. The molecule has 1 heterocycles. The predicted octanol–water partition coefficient (Wildman–Crippen LogP) is 1.05. The van der Waals surface area contributed by atoms with Gasteiger partial charge in [0.15, 0.2) is 0 Å². The van der Waals surface area contributed by atoms with Crippen molar-refractivity contribution < 1.29 is 15.0 Å². The number of anilines is 1. The monoisotopic (exact) mass is 235 g/mol. The molecule has 0 bridgehead atoms. The predicted molar refractivity (Wildman–Crippen MR) is 63.2 cm³/mol. The van der Waals surface area contributed by atoms with Gasteiger partial charge < -0.3 is 20.5 Å². The Morgan fingerprint density at radius 2 is 2.35 bits per heavy atom. The molecule has 1 unspecified atom stereocenters. The van der Waals surface area contributed by atoms with Gasteiger partial charge in [-0.1, -0.05) is 0 Å². The maximum Gasteiger partial charge on any atom is 0.335 e. The number of hydrogen-bond donors (Lipinski definition) is 4. The highest BCUT2D eigenvalue weighted by Gasteiger charge is 2.07. The van der Waals surface area contributed by atoms with E-state index in [0.29, 0.717) is 23.5 Å². The van der Waals surface area contributed by atoms with E-state index < -0.39 is 12.1 Å². The third-order valence-corrected chi connectivity index (χ3v) is 2.29. The van der Waals surface area contributed by atoms with Gasteiger partial charge in [-0.25, -0.2) is 9.78 Å². The molecule has 0 saturated carbocycles. The number of carbonyl (C=O) groups is 1. The SMILES string of the molecule is CC(O)CNc1nc2ccc(C(=O)O)cc2[nH]1. The summed E-state index contributed by atoms with van der Waals surface area (Å²) in [6, 6.07) is 4.67. The highest BCUT2D eigenvalue weighted by Crippen LogP contribution is 2.16. The molecule has 2 aromatic rings. The quantitative estimate of drug-likeness (QED) is 0.635. The number of hydrogen-bond acceptors (Lipinski definition) is 4. The third kappa shape index (κ3) is 2.54. The summed E-state index contributed by atoms with van der Waals surface area (Å²) < 4.78 is 0. The first-order valence-corrected chi connectivity index (χ1v) is 5.21. The molecule has 1 aromatic heterocycles. The van der Waals surface area contributed by atoms with Crippen LogP contribution in [0.4, 0.5) is 5.95 Å². The van der Waals surface area contributed by atoms with Crippen LogP contribution in [0.1, 0.15) is 17.3 Å². The van der Waals surface area contributed by atoms with Gasteiger partial charge in [-0.05, 0) is 25.1 Å². The smallest absolute Gasteiger partial charge is 0.335 e. The lowest BCUT2D eigenvalue weighted by molar-refractivity contribution is 0.0697. The van der Waals surface area contributed by atoms with Crippen LogP contribution in [-0.4, -0.2) is 38.8 Å². The second-order valence-corrected chi connectivity index (χ2v) is 3.85. The van der Waals surface area contributed by atoms with E-state index >= 15 is 0 Å². The number of nitrogens with one attached hydrogen (secondary N) is 2. The number of aromatic nitrogens is 2. The maximum atomic E-state index is 10.8. The van der Waals surface area contributed by atoms with Crippen LogP contribution in [0.25, 0.3) is 11.0 Å². The van der Waals surface area contributed by atoms with E-state index in [1.54, 1.807) is 13.0 Å². The van der Waals surface area contributed by atoms with E-state index in [9.17, 15) is 4.79 Å². The van der Waals surface area contributed by atoms with Crippen LogP contribution in [0.5, 0.6) is 0 Å². The lowest BCUT2D eigenvalue weighted by atomic mass is 10.2. The summed E-state index contributed by atoms with van der Waals surface area (Å²) in [7, 11) is 0. The molecule has 6 nitrogen and oxygen atoms in total. The van der Waals surface area contributed by atoms with Gasteiger partial charge in [0.05, 0.1) is 22.7 Å². The van der Waals surface area contributed by atoms with E-state index in [-0.39, 0.29) is 5.56 Å². The third-order valence-electron chi connectivity index (χ3n) is 2.29. The number of aliphatic hydroxyl groups excluding tert-OH is 1. The minimum Gasteiger partial charge on any atom is -0.478 e. The van der Waals surface area contributed by atoms with Crippen molar-refractivity contribution in [2.45, 2.75) is 13.0 Å². The second kappa shape index (κ2) is 4.42. The van der Waals surface area contributed by atoms with Crippen LogP contribution >= 0.6 is 0 Å². The fourth-order valence-corrected chi connectivity index (χ4v) is 1.47. The number of aromatic carboxylic acids is 1. The summed E-state index contributed by atoms with van der Waals surface area (Å²) in [6.07, 6.45) is -0.474. The summed E-state index contributed by atoms with van der Waals surface area (Å²) in [5, 5.41) is 20.9. The molecule has 1 aromatic carbocycles. The first-order chi connectivity index (χ1) is 8.06. The van der Waals surface area contributed by atoms with Crippen LogP contribution < -0.4 is 5.32 Å². The summed E-state index contributed by atoms with van der Waals surface area (Å²) in [6.45, 7) is 2.05. The summed E-state index contributed by atoms with van der Waals surface area (Å²) >= 11 is 0. The van der Waals surface area contributed by atoms with Gasteiger partial charge >= 0.3 is 5.97 Å². The molecule has 0 aliphatic heterocycles. The number of carboxylic acid groups (broad SMARTS) is 1. The number of aliphatic hydroxyl groups is 1. The minimum absolute atomic E-state index is 0.211. The van der Waals surface area contributed by atoms with Gasteiger partial charge in [0, 0.05) is 6.54 Å². The zero-order valence-electron chi connectivity index (χ0n) is 9.27. The van der Waals surface area contributed by atoms with Crippen molar-refractivity contribution in [1.82, 2.24) is 9.97 Å². The Morgan fingerprint density at radius 3 is 3.00 bits per heavy atom. The molecule has 6 heteroatoms. The zero-order chi connectivity index (χ0) is 12.4. The molecule has 1 atom stereocenters. The number of aromatic amines is 1. The molecule has 0 aliphatic carbocycles. The number of imidazole rings is 1. The fraction of sp³-hybridized carbons (Fsp3) is 0.273. The topological polar surface area (TPSA) is 98.2 Å². The first-order valence-electron chi connectivity index (χ1n) is 5.21. The second-order valence-electron chi connectivity index (χ2n) is 3.85. The van der Waals surface area contributed by atoms with Gasteiger partial charge in [-0.2, -0.15) is 0 Å². The molecule has 0 fully saturated rings. The normalized spacial score (nSPS) is 12.6. The van der Waals surface area contributed by atoms with Crippen LogP contribution in [-0.2, 0) is 0 Å². The minimum atomic E-state index is -0.972. The summed E-state index contributed by atoms with van der Waals surface area (Å²) in [5.74, 6) is -0.455. The van der Waals surface area contributed by atoms with Crippen LogP contribution in [0, 0.1) is 0 Å². The van der Waals surface area contributed by atoms with Crippen molar-refractivity contribution in [3.63, 3.8) is 0 Å². The number of rotatable bonds is 4. The number of nitrogens with zero attached hydrogens (tertiary/aromatic N) is 1. The Bertz CT molecular complexity index is 548. The van der Waals surface area contributed by atoms with Gasteiger partial charge in [-0.3, -0.25) is 0 Å². The molecule has 0 saturated heterocycles. The van der Waals surface area contributed by atoms with E-state index in [1.807, 2.05) is 0 Å². The van der Waals surface area contributed by atoms with Crippen molar-refractivity contribution in [3.8, 4) is 0 Å². The van der Waals surface area contributed by atoms with Crippen molar-refractivity contribution in [3.05, 3.63) is 23.8 Å². The molecular formula is C11H13N3O3. The highest BCUT2D eigenvalue weighted by atomic mass is 16.4. The van der Waals surface area contributed by atoms with Crippen molar-refractivity contribution >= 4 is 23.0 Å². The average Bonchev–Trinajstić information content (AvgIpc) is 2.67. The van der Waals surface area contributed by atoms with Gasteiger partial charge in [0.2, 0.25) is 5.95 Å². The fourth-order valence-electron chi connectivity index (χ4n) is 1.47. The van der Waals surface area contributed by atoms with Crippen molar-refractivity contribution in [2.75, 3.05) is 11.9 Å². The number of H-pyrrole nitrogens is 1. The summed E-state index contributed by atoms with van der Waals surface area (Å²) in [5.41, 5.74) is 1.55. The van der Waals surface area contributed by atoms with Gasteiger partial charge in [0.1, 0.15) is 0 Å². The Kier molecular flexibility index (Phi) is 2.97. The Morgan fingerprint density at radius 1 is 1.59 bits per heavy atom. The Balaban J connectivity index is 2.27. The highest BCUT2D eigenvalue weighted by molar-refractivity contribution is 5.92. The molecule has 4 N–H and O–H groups in total. The molecule has 90 valence electrons. The first kappa shape index (κ1) is 11.4. The Labute approximate surface area is 97.3 Å². The standard InChI is InChI=1S/C11H13N3O3/c1-6(15)5-12-11-13-8-3-2-7(10(16)17)4-9(8)14-11/h2-4,6,15H,5H2,1H3,(H,16,17)(H2,12,13,14). The van der Waals surface area contributed by atoms with Gasteiger partial charge in [-0.15, -0.1) is 0 Å². The zero-order valence-corrected chi connectivity index (χ0v) is 9.27. The average molecular weight is 235 g/mol. The molecule has 2 rings (SSSR count). The van der Waals surface area contributed by atoms with E-state index in [4.69, 9.17) is 10.2 Å². The van der Waals surface area contributed by atoms with Crippen LogP contribution in [0.2, 0.25) is 0 Å². The maximum absolute atomic E-state index is 10.8. The Hall–Kier alpha value is -2.08. The molecule has 0 aliphatic rings. The molecule has 0 amide bonds. The van der Waals surface area contributed by atoms with Crippen LogP contribution in [0.3, 0.4) is 0 Å². The molecule has 0 radical (unpaired) electrons. The van der Waals surface area contributed by atoms with E-state index in [1.165, 1.54) is 12.1 Å². The van der Waals surface area contributed by atoms with E-state index in [2.05, 4.69) is 15.3 Å². The van der Waals surface area contributed by atoms with Crippen molar-refractivity contribution in [1.29, 1.82) is 0 Å². The van der Waals surface area contributed by atoms with E-state index in [0.717, 1.165) is 0 Å². The largest absolute Gasteiger partial charge is 0.478 e. The lowest BCUT2D eigenvalue weighted by Gasteiger charge is -2.03. The molecule has 0 spiro atoms. The molecule has 17 heavy (non-hydrogen) atoms. The van der Waals surface area contributed by atoms with Crippen LogP contribution in [0.15, 0.2) is 18.2 Å². The number of carboxylic acids is 1. The van der Waals surface area contributed by atoms with Crippen molar-refractivity contribution in [2.24, 2.45) is 0 Å². The number of benzene rings is 1. The number of fused-ring (bicyclic) bond motifs is 1.